The molecule has 0 heterocycles. The minimum Gasteiger partial charge on any atom is -0.545 e. The molecule has 0 amide bonds. The van der Waals surface area contributed by atoms with Crippen LogP contribution in [0.5, 0.6) is 5.75 Å². The molecule has 3 saturated carbocycles. The number of nitrogens with zero attached hydrogens (tertiary/aromatic N) is 1. The average Bonchev–Trinajstić information content (AvgIpc) is 3.26. The van der Waals surface area contributed by atoms with Crippen LogP contribution in [-0.2, 0) is 0 Å². The number of nitro groups is 1. The first-order valence-corrected chi connectivity index (χ1v) is 9.52. The largest absolute Gasteiger partial charge is 0.545 e. The highest BCUT2D eigenvalue weighted by Crippen LogP contribution is 2.65. The van der Waals surface area contributed by atoms with Crippen LogP contribution in [0.3, 0.4) is 0 Å². The van der Waals surface area contributed by atoms with Crippen molar-refractivity contribution in [1.29, 1.82) is 0 Å². The Hall–Kier alpha value is -2.11. The fraction of sp³-hybridized carbons (Fsp3) is 0.650. The van der Waals surface area contributed by atoms with Crippen LogP contribution in [0.1, 0.15) is 56.3 Å². The molecule has 3 fully saturated rings. The third-order valence-corrected chi connectivity index (χ3v) is 7.18. The Morgan fingerprint density at radius 2 is 2.04 bits per heavy atom. The van der Waals surface area contributed by atoms with E-state index in [4.69, 9.17) is 4.74 Å². The Labute approximate surface area is 152 Å². The average molecular weight is 358 g/mol. The molecule has 3 aliphatic carbocycles. The van der Waals surface area contributed by atoms with Crippen LogP contribution in [-0.4, -0.2) is 16.5 Å². The molecule has 1 aromatic rings. The topological polar surface area (TPSA) is 92.5 Å². The van der Waals surface area contributed by atoms with Gasteiger partial charge in [-0.3, -0.25) is 10.1 Å². The van der Waals surface area contributed by atoms with Gasteiger partial charge in [0.2, 0.25) is 0 Å². The molecule has 6 nitrogen and oxygen atoms in total. The molecule has 3 aliphatic rings. The van der Waals surface area contributed by atoms with Crippen molar-refractivity contribution >= 4 is 11.7 Å². The van der Waals surface area contributed by atoms with Crippen molar-refractivity contribution in [3.63, 3.8) is 0 Å². The lowest BCUT2D eigenvalue weighted by molar-refractivity contribution is -0.386. The van der Waals surface area contributed by atoms with Gasteiger partial charge in [-0.1, -0.05) is 20.3 Å². The lowest BCUT2D eigenvalue weighted by Gasteiger charge is -2.45. The lowest BCUT2D eigenvalue weighted by atomic mass is 9.68. The molecule has 5 atom stereocenters. The van der Waals surface area contributed by atoms with E-state index in [9.17, 15) is 20.0 Å². The summed E-state index contributed by atoms with van der Waals surface area (Å²) in [5, 5.41) is 22.7. The van der Waals surface area contributed by atoms with Gasteiger partial charge in [0.1, 0.15) is 5.60 Å². The Kier molecular flexibility index (Phi) is 3.97. The predicted octanol–water partition coefficient (Wildman–Crippen LogP) is 3.19. The van der Waals surface area contributed by atoms with E-state index in [0.29, 0.717) is 17.8 Å². The first kappa shape index (κ1) is 17.3. The van der Waals surface area contributed by atoms with Crippen LogP contribution in [0.4, 0.5) is 5.69 Å². The summed E-state index contributed by atoms with van der Waals surface area (Å²) in [6, 6.07) is 3.67. The van der Waals surface area contributed by atoms with Crippen molar-refractivity contribution in [3.05, 3.63) is 33.9 Å². The maximum Gasteiger partial charge on any atom is 0.310 e. The van der Waals surface area contributed by atoms with Gasteiger partial charge >= 0.3 is 5.69 Å². The van der Waals surface area contributed by atoms with Gasteiger partial charge in [0.05, 0.1) is 10.9 Å². The molecular weight excluding hydrogens is 334 g/mol. The predicted molar refractivity (Wildman–Crippen MR) is 92.7 cm³/mol. The molecule has 0 aromatic heterocycles. The van der Waals surface area contributed by atoms with Gasteiger partial charge < -0.3 is 14.6 Å². The zero-order chi connectivity index (χ0) is 18.6. The van der Waals surface area contributed by atoms with Crippen molar-refractivity contribution in [3.8, 4) is 5.75 Å². The summed E-state index contributed by atoms with van der Waals surface area (Å²) in [7, 11) is 0. The monoisotopic (exact) mass is 358 g/mol. The first-order chi connectivity index (χ1) is 12.3. The molecule has 0 radical (unpaired) electrons. The second-order valence-corrected chi connectivity index (χ2v) is 8.50. The lowest BCUT2D eigenvalue weighted by Crippen LogP contribution is -2.50. The zero-order valence-corrected chi connectivity index (χ0v) is 15.1. The molecule has 2 bridgehead atoms. The highest BCUT2D eigenvalue weighted by molar-refractivity contribution is 5.87. The molecule has 26 heavy (non-hydrogen) atoms. The van der Waals surface area contributed by atoms with Crippen LogP contribution in [0.15, 0.2) is 18.2 Å². The summed E-state index contributed by atoms with van der Waals surface area (Å²) in [4.78, 5) is 22.2. The fourth-order valence-corrected chi connectivity index (χ4v) is 6.11. The Balaban J connectivity index is 1.74. The van der Waals surface area contributed by atoms with Crippen LogP contribution in [0, 0.1) is 39.7 Å². The number of hydrogen-bond donors (Lipinski definition) is 0. The van der Waals surface area contributed by atoms with E-state index < -0.39 is 16.5 Å². The molecule has 0 spiro atoms. The SMILES string of the molecule is CC(C)C1(Oc2cc(C(=O)[O-])ccc2[N+](=O)[O-])CC2CC1C1CCCC21. The smallest absolute Gasteiger partial charge is 0.310 e. The van der Waals surface area contributed by atoms with Crippen LogP contribution >= 0.6 is 0 Å². The van der Waals surface area contributed by atoms with E-state index in [1.807, 2.05) is 0 Å². The normalized spacial score (nSPS) is 34.9. The number of aromatic carboxylic acids is 1. The van der Waals surface area contributed by atoms with E-state index in [2.05, 4.69) is 13.8 Å². The summed E-state index contributed by atoms with van der Waals surface area (Å²) in [5.74, 6) is 1.34. The van der Waals surface area contributed by atoms with Gasteiger partial charge in [0.25, 0.3) is 0 Å². The number of hydrogen-bond acceptors (Lipinski definition) is 5. The third-order valence-electron chi connectivity index (χ3n) is 7.18. The molecule has 0 saturated heterocycles. The number of carbonyl (C=O) groups is 1. The minimum absolute atomic E-state index is 0.0625. The number of rotatable bonds is 5. The van der Waals surface area contributed by atoms with Crippen LogP contribution in [0.2, 0.25) is 0 Å². The minimum atomic E-state index is -1.35. The molecule has 0 aliphatic heterocycles. The summed E-state index contributed by atoms with van der Waals surface area (Å²) < 4.78 is 6.42. The molecule has 1 aromatic carbocycles. The summed E-state index contributed by atoms with van der Waals surface area (Å²) in [5.41, 5.74) is -0.724. The van der Waals surface area contributed by atoms with Gasteiger partial charge in [-0.2, -0.15) is 0 Å². The maximum absolute atomic E-state index is 11.5. The quantitative estimate of drug-likeness (QED) is 0.595. The zero-order valence-electron chi connectivity index (χ0n) is 15.1. The third kappa shape index (κ3) is 2.42. The van der Waals surface area contributed by atoms with Gasteiger partial charge in [0, 0.05) is 17.5 Å². The van der Waals surface area contributed by atoms with E-state index in [-0.39, 0.29) is 22.9 Å². The Morgan fingerprint density at radius 1 is 1.31 bits per heavy atom. The molecule has 4 rings (SSSR count). The van der Waals surface area contributed by atoms with Crippen molar-refractivity contribution in [2.45, 2.75) is 51.6 Å². The summed E-state index contributed by atoms with van der Waals surface area (Å²) >= 11 is 0. The number of carboxylic acids is 1. The second-order valence-electron chi connectivity index (χ2n) is 8.50. The molecule has 5 unspecified atom stereocenters. The van der Waals surface area contributed by atoms with E-state index >= 15 is 0 Å². The fourth-order valence-electron chi connectivity index (χ4n) is 6.11. The van der Waals surface area contributed by atoms with Gasteiger partial charge in [-0.15, -0.1) is 0 Å². The summed E-state index contributed by atoms with van der Waals surface area (Å²) in [6.45, 7) is 4.22. The second kappa shape index (κ2) is 5.96. The van der Waals surface area contributed by atoms with Gasteiger partial charge in [0.15, 0.2) is 5.75 Å². The highest BCUT2D eigenvalue weighted by atomic mass is 16.6. The molecule has 6 heteroatoms. The number of carbonyl (C=O) groups excluding carboxylic acids is 1. The Morgan fingerprint density at radius 3 is 2.69 bits per heavy atom. The van der Waals surface area contributed by atoms with E-state index in [0.717, 1.165) is 18.8 Å². The van der Waals surface area contributed by atoms with Crippen LogP contribution < -0.4 is 9.84 Å². The van der Waals surface area contributed by atoms with E-state index in [1.54, 1.807) is 0 Å². The van der Waals surface area contributed by atoms with Crippen molar-refractivity contribution in [1.82, 2.24) is 0 Å². The van der Waals surface area contributed by atoms with Crippen LogP contribution in [0.25, 0.3) is 0 Å². The number of carboxylic acid groups (broad SMARTS) is 1. The maximum atomic E-state index is 11.5. The number of fused-ring (bicyclic) bond motifs is 5. The molecule has 0 N–H and O–H groups in total. The number of nitro benzene ring substituents is 1. The van der Waals surface area contributed by atoms with Gasteiger partial charge in [-0.25, -0.2) is 0 Å². The summed E-state index contributed by atoms with van der Waals surface area (Å²) in [6.07, 6.45) is 5.80. The number of ether oxygens (including phenoxy) is 1. The highest BCUT2D eigenvalue weighted by Gasteiger charge is 2.63. The van der Waals surface area contributed by atoms with Crippen molar-refractivity contribution in [2.24, 2.45) is 29.6 Å². The first-order valence-electron chi connectivity index (χ1n) is 9.52. The van der Waals surface area contributed by atoms with Gasteiger partial charge in [-0.05, 0) is 61.5 Å². The molecule has 140 valence electrons. The van der Waals surface area contributed by atoms with Crippen molar-refractivity contribution < 1.29 is 19.6 Å². The number of benzene rings is 1. The van der Waals surface area contributed by atoms with E-state index in [1.165, 1.54) is 37.5 Å². The molecular formula is C20H24NO5-. The standard InChI is InChI=1S/C20H25NO5/c1-11(2)20(10-13-8-16(20)15-5-3-4-14(13)15)26-18-9-12(19(22)23)6-7-17(18)21(24)25/h6-7,9,11,13-16H,3-5,8,10H2,1-2H3,(H,22,23)/p-1. The Bertz CT molecular complexity index is 761. The van der Waals surface area contributed by atoms with Crippen molar-refractivity contribution in [2.75, 3.05) is 0 Å².